The molecule has 0 radical (unpaired) electrons. The van der Waals surface area contributed by atoms with Gasteiger partial charge in [-0.05, 0) is 43.6 Å². The van der Waals surface area contributed by atoms with Crippen molar-refractivity contribution in [2.75, 3.05) is 33.5 Å². The fourth-order valence-corrected chi connectivity index (χ4v) is 3.44. The molecular weight excluding hydrogens is 310 g/mol. The van der Waals surface area contributed by atoms with E-state index >= 15 is 0 Å². The van der Waals surface area contributed by atoms with E-state index in [4.69, 9.17) is 19.3 Å². The number of carbonyl (C=O) groups excluding carboxylic acids is 1. The highest BCUT2D eigenvalue weighted by atomic mass is 16.7. The lowest BCUT2D eigenvalue weighted by molar-refractivity contribution is -0.151. The number of carbonyl (C=O) groups is 1. The molecular formula is C18H31NO5. The van der Waals surface area contributed by atoms with Crippen molar-refractivity contribution in [1.29, 1.82) is 0 Å². The minimum Gasteiger partial charge on any atom is -0.459 e. The Bertz CT molecular complexity index is 406. The molecule has 2 N–H and O–H groups in total. The van der Waals surface area contributed by atoms with Gasteiger partial charge in [0.1, 0.15) is 0 Å². The summed E-state index contributed by atoms with van der Waals surface area (Å²) < 4.78 is 16.5. The maximum Gasteiger partial charge on any atom is 0.286 e. The van der Waals surface area contributed by atoms with Crippen molar-refractivity contribution in [3.05, 3.63) is 11.8 Å². The van der Waals surface area contributed by atoms with Gasteiger partial charge < -0.3 is 24.6 Å². The van der Waals surface area contributed by atoms with Gasteiger partial charge in [0.25, 0.3) is 5.91 Å². The maximum absolute atomic E-state index is 12.3. The molecule has 2 atom stereocenters. The molecule has 0 aromatic carbocycles. The standard InChI is InChI=1S/C18H31NO5/c1-22-11-8-19-18(21)16-12-15(14-6-2-3-7-14)13-17(24-16)23-10-5-4-9-20/h12,14-15,17,20H,2-11,13H2,1H3,(H,19,21)/t15-,17+/m0/s1. The van der Waals surface area contributed by atoms with Crippen molar-refractivity contribution in [2.24, 2.45) is 11.8 Å². The maximum atomic E-state index is 12.3. The lowest BCUT2D eigenvalue weighted by Gasteiger charge is -2.32. The van der Waals surface area contributed by atoms with Crippen LogP contribution in [0.15, 0.2) is 11.8 Å². The van der Waals surface area contributed by atoms with Crippen molar-refractivity contribution in [3.63, 3.8) is 0 Å². The van der Waals surface area contributed by atoms with Crippen LogP contribution in [0.1, 0.15) is 44.9 Å². The van der Waals surface area contributed by atoms with Gasteiger partial charge in [-0.2, -0.15) is 0 Å². The third-order valence-electron chi connectivity index (χ3n) is 4.77. The van der Waals surface area contributed by atoms with Gasteiger partial charge >= 0.3 is 0 Å². The Hall–Kier alpha value is -1.11. The van der Waals surface area contributed by atoms with E-state index in [1.165, 1.54) is 25.7 Å². The Labute approximate surface area is 144 Å². The number of allylic oxidation sites excluding steroid dienone is 1. The Morgan fingerprint density at radius 1 is 1.33 bits per heavy atom. The van der Waals surface area contributed by atoms with Crippen LogP contribution < -0.4 is 5.32 Å². The van der Waals surface area contributed by atoms with Crippen LogP contribution in [-0.2, 0) is 19.0 Å². The number of amides is 1. The third kappa shape index (κ3) is 6.07. The van der Waals surface area contributed by atoms with Crippen molar-refractivity contribution < 1.29 is 24.1 Å². The summed E-state index contributed by atoms with van der Waals surface area (Å²) in [6.07, 6.45) is 8.92. The van der Waals surface area contributed by atoms with Gasteiger partial charge in [0.05, 0.1) is 13.2 Å². The summed E-state index contributed by atoms with van der Waals surface area (Å²) in [5, 5.41) is 11.7. The first-order valence-corrected chi connectivity index (χ1v) is 9.12. The Balaban J connectivity index is 1.92. The Morgan fingerprint density at radius 2 is 2.12 bits per heavy atom. The number of rotatable bonds is 10. The SMILES string of the molecule is COCCNC(=O)C1=C[C@H](C2CCCC2)C[C@H](OCCCCO)O1. The second-order valence-electron chi connectivity index (χ2n) is 6.57. The largest absolute Gasteiger partial charge is 0.459 e. The van der Waals surface area contributed by atoms with E-state index < -0.39 is 0 Å². The first-order valence-electron chi connectivity index (χ1n) is 9.12. The van der Waals surface area contributed by atoms with Crippen LogP contribution in [0.25, 0.3) is 0 Å². The van der Waals surface area contributed by atoms with Gasteiger partial charge in [-0.25, -0.2) is 0 Å². The number of aliphatic hydroxyl groups is 1. The zero-order valence-electron chi connectivity index (χ0n) is 14.7. The minimum atomic E-state index is -0.373. The Morgan fingerprint density at radius 3 is 2.83 bits per heavy atom. The number of nitrogens with one attached hydrogen (secondary N) is 1. The molecule has 6 nitrogen and oxygen atoms in total. The molecule has 0 spiro atoms. The molecule has 0 saturated heterocycles. The van der Waals surface area contributed by atoms with E-state index in [0.29, 0.717) is 37.4 Å². The van der Waals surface area contributed by atoms with E-state index in [1.54, 1.807) is 7.11 Å². The van der Waals surface area contributed by atoms with Crippen LogP contribution >= 0.6 is 0 Å². The number of ether oxygens (including phenoxy) is 3. The summed E-state index contributed by atoms with van der Waals surface area (Å²) >= 11 is 0. The molecule has 2 rings (SSSR count). The average Bonchev–Trinajstić information content (AvgIpc) is 3.13. The van der Waals surface area contributed by atoms with Gasteiger partial charge in [0.15, 0.2) is 5.76 Å². The molecule has 1 saturated carbocycles. The number of methoxy groups -OCH3 is 1. The normalized spacial score (nSPS) is 24.5. The molecule has 1 heterocycles. The first-order chi connectivity index (χ1) is 11.7. The monoisotopic (exact) mass is 341 g/mol. The zero-order valence-corrected chi connectivity index (χ0v) is 14.7. The van der Waals surface area contributed by atoms with Crippen molar-refractivity contribution in [1.82, 2.24) is 5.32 Å². The van der Waals surface area contributed by atoms with Crippen LogP contribution in [0.5, 0.6) is 0 Å². The molecule has 0 bridgehead atoms. The van der Waals surface area contributed by atoms with Gasteiger partial charge in [0, 0.05) is 26.7 Å². The van der Waals surface area contributed by atoms with Crippen LogP contribution in [0.3, 0.4) is 0 Å². The lowest BCUT2D eigenvalue weighted by atomic mass is 9.86. The third-order valence-corrected chi connectivity index (χ3v) is 4.77. The minimum absolute atomic E-state index is 0.173. The summed E-state index contributed by atoms with van der Waals surface area (Å²) in [6.45, 7) is 1.66. The van der Waals surface area contributed by atoms with Crippen LogP contribution in [0, 0.1) is 11.8 Å². The molecule has 138 valence electrons. The lowest BCUT2D eigenvalue weighted by Crippen LogP contribution is -2.36. The Kier molecular flexibility index (Phi) is 8.56. The molecule has 2 aliphatic rings. The van der Waals surface area contributed by atoms with Gasteiger partial charge in [-0.3, -0.25) is 4.79 Å². The molecule has 1 aliphatic heterocycles. The van der Waals surface area contributed by atoms with E-state index in [1.807, 2.05) is 6.08 Å². The summed E-state index contributed by atoms with van der Waals surface area (Å²) in [5.74, 6) is 1.15. The number of hydrogen-bond acceptors (Lipinski definition) is 5. The number of unbranched alkanes of at least 4 members (excludes halogenated alkanes) is 1. The average molecular weight is 341 g/mol. The number of aliphatic hydroxyl groups excluding tert-OH is 1. The van der Waals surface area contributed by atoms with Crippen LogP contribution in [-0.4, -0.2) is 50.8 Å². The second-order valence-corrected chi connectivity index (χ2v) is 6.57. The van der Waals surface area contributed by atoms with Crippen LogP contribution in [0.4, 0.5) is 0 Å². The summed E-state index contributed by atoms with van der Waals surface area (Å²) in [4.78, 5) is 12.3. The van der Waals surface area contributed by atoms with Gasteiger partial charge in [-0.1, -0.05) is 12.8 Å². The predicted molar refractivity (Wildman–Crippen MR) is 90.2 cm³/mol. The summed E-state index contributed by atoms with van der Waals surface area (Å²) in [5.41, 5.74) is 0. The van der Waals surface area contributed by atoms with E-state index in [0.717, 1.165) is 19.3 Å². The zero-order chi connectivity index (χ0) is 17.2. The summed E-state index contributed by atoms with van der Waals surface area (Å²) in [6, 6.07) is 0. The predicted octanol–water partition coefficient (Wildman–Crippen LogP) is 1.97. The molecule has 0 aromatic heterocycles. The summed E-state index contributed by atoms with van der Waals surface area (Å²) in [7, 11) is 1.61. The fourth-order valence-electron chi connectivity index (χ4n) is 3.44. The molecule has 0 unspecified atom stereocenters. The molecule has 1 amide bonds. The van der Waals surface area contributed by atoms with Crippen molar-refractivity contribution >= 4 is 5.91 Å². The van der Waals surface area contributed by atoms with E-state index in [2.05, 4.69) is 5.32 Å². The highest BCUT2D eigenvalue weighted by molar-refractivity contribution is 5.91. The highest BCUT2D eigenvalue weighted by Crippen LogP contribution is 2.38. The molecule has 0 aromatic rings. The van der Waals surface area contributed by atoms with Gasteiger partial charge in [0.2, 0.25) is 6.29 Å². The smallest absolute Gasteiger partial charge is 0.286 e. The van der Waals surface area contributed by atoms with Crippen molar-refractivity contribution in [3.8, 4) is 0 Å². The quantitative estimate of drug-likeness (QED) is 0.594. The topological polar surface area (TPSA) is 77.0 Å². The molecule has 24 heavy (non-hydrogen) atoms. The molecule has 6 heteroatoms. The van der Waals surface area contributed by atoms with Gasteiger partial charge in [-0.15, -0.1) is 0 Å². The fraction of sp³-hybridized carbons (Fsp3) is 0.833. The highest BCUT2D eigenvalue weighted by Gasteiger charge is 2.33. The second kappa shape index (κ2) is 10.7. The van der Waals surface area contributed by atoms with E-state index in [-0.39, 0.29) is 18.8 Å². The number of hydrogen-bond donors (Lipinski definition) is 2. The van der Waals surface area contributed by atoms with E-state index in [9.17, 15) is 4.79 Å². The molecule has 1 fully saturated rings. The molecule has 1 aliphatic carbocycles. The van der Waals surface area contributed by atoms with Crippen molar-refractivity contribution in [2.45, 2.75) is 51.2 Å². The first kappa shape index (κ1) is 19.2. The van der Waals surface area contributed by atoms with Crippen LogP contribution in [0.2, 0.25) is 0 Å².